The van der Waals surface area contributed by atoms with Crippen molar-refractivity contribution in [2.24, 2.45) is 0 Å². The van der Waals surface area contributed by atoms with E-state index in [-0.39, 0.29) is 42.3 Å². The summed E-state index contributed by atoms with van der Waals surface area (Å²) in [7, 11) is 0. The molecule has 0 saturated carbocycles. The lowest BCUT2D eigenvalue weighted by Gasteiger charge is -2.53. The summed E-state index contributed by atoms with van der Waals surface area (Å²) in [6.07, 6.45) is 1.22. The number of aliphatic hydroxyl groups is 1. The molecule has 3 aliphatic rings. The van der Waals surface area contributed by atoms with Crippen molar-refractivity contribution >= 4 is 27.7 Å². The average molecular weight is 482 g/mol. The van der Waals surface area contributed by atoms with Crippen LogP contribution in [0.4, 0.5) is 0 Å². The quantitative estimate of drug-likeness (QED) is 0.382. The molecule has 0 aromatic heterocycles. The number of benzene rings is 1. The maximum Gasteiger partial charge on any atom is 0.316 e. The predicted octanol–water partition coefficient (Wildman–Crippen LogP) is 3.06. The molecule has 1 aromatic rings. The van der Waals surface area contributed by atoms with E-state index in [2.05, 4.69) is 27.8 Å². The zero-order chi connectivity index (χ0) is 22.3. The third-order valence-electron chi connectivity index (χ3n) is 6.96. The van der Waals surface area contributed by atoms with Gasteiger partial charge < -0.3 is 14.6 Å². The first-order valence-electron chi connectivity index (χ1n) is 10.4. The predicted molar refractivity (Wildman–Crippen MR) is 118 cm³/mol. The van der Waals surface area contributed by atoms with Crippen LogP contribution >= 0.6 is 15.9 Å². The highest BCUT2D eigenvalue weighted by atomic mass is 79.9. The van der Waals surface area contributed by atoms with Gasteiger partial charge in [0.1, 0.15) is 30.0 Å². The van der Waals surface area contributed by atoms with Crippen molar-refractivity contribution in [3.63, 3.8) is 0 Å². The Balaban J connectivity index is 0.00000124. The standard InChI is InChI=1S/C22H29NO5.CH3Br/c1-13(25)21(2,3)23-17-10-15(11-22(23,4)19-18(17)28-19)27-20(26)16(12-24)14-8-6-5-7-9-14;1-2/h5-9,15-19,24H,10-12H2,1-4H3;1H3. The summed E-state index contributed by atoms with van der Waals surface area (Å²) in [5.74, 6) is 0.872. The number of ether oxygens (including phenoxy) is 2. The van der Waals surface area contributed by atoms with Crippen LogP contribution in [0.25, 0.3) is 0 Å². The fraction of sp³-hybridized carbons (Fsp3) is 0.652. The van der Waals surface area contributed by atoms with Crippen LogP contribution in [-0.2, 0) is 19.1 Å². The second kappa shape index (κ2) is 8.69. The minimum atomic E-state index is -0.677. The van der Waals surface area contributed by atoms with E-state index in [9.17, 15) is 14.7 Å². The van der Waals surface area contributed by atoms with Crippen molar-refractivity contribution in [1.82, 2.24) is 4.90 Å². The molecule has 6 unspecified atom stereocenters. The van der Waals surface area contributed by atoms with E-state index in [0.29, 0.717) is 12.8 Å². The van der Waals surface area contributed by atoms with Gasteiger partial charge in [0.05, 0.1) is 17.7 Å². The van der Waals surface area contributed by atoms with Gasteiger partial charge in [0.25, 0.3) is 0 Å². The first-order chi connectivity index (χ1) is 14.2. The topological polar surface area (TPSA) is 79.4 Å². The number of carbonyl (C=O) groups excluding carboxylic acids is 2. The van der Waals surface area contributed by atoms with Gasteiger partial charge in [0.15, 0.2) is 0 Å². The van der Waals surface area contributed by atoms with Crippen molar-refractivity contribution in [1.29, 1.82) is 0 Å². The summed E-state index contributed by atoms with van der Waals surface area (Å²) in [4.78, 5) is 27.4. The number of halogens is 1. The fourth-order valence-corrected chi connectivity index (χ4v) is 5.41. The number of alkyl halides is 1. The number of fused-ring (bicyclic) bond motifs is 5. The van der Waals surface area contributed by atoms with E-state index in [0.717, 1.165) is 5.56 Å². The van der Waals surface area contributed by atoms with E-state index < -0.39 is 17.4 Å². The average Bonchev–Trinajstić information content (AvgIpc) is 3.49. The third kappa shape index (κ3) is 3.85. The van der Waals surface area contributed by atoms with Crippen LogP contribution in [0.5, 0.6) is 0 Å². The molecule has 4 rings (SSSR count). The lowest BCUT2D eigenvalue weighted by atomic mass is 9.81. The summed E-state index contributed by atoms with van der Waals surface area (Å²) < 4.78 is 11.8. The zero-order valence-electron chi connectivity index (χ0n) is 18.3. The van der Waals surface area contributed by atoms with Gasteiger partial charge in [-0.15, -0.1) is 0 Å². The molecule has 3 fully saturated rings. The van der Waals surface area contributed by atoms with Crippen molar-refractivity contribution in [2.45, 2.75) is 81.9 Å². The van der Waals surface area contributed by atoms with Crippen LogP contribution in [0.3, 0.4) is 0 Å². The molecular formula is C23H32BrNO5. The highest BCUT2D eigenvalue weighted by Crippen LogP contribution is 2.57. The number of morpholine rings is 1. The Morgan fingerprint density at radius 3 is 2.50 bits per heavy atom. The van der Waals surface area contributed by atoms with Crippen molar-refractivity contribution in [3.05, 3.63) is 35.9 Å². The second-order valence-electron chi connectivity index (χ2n) is 9.08. The SMILES string of the molecule is CBr.CC(=O)C(C)(C)N1C2CC(OC(=O)C(CO)c3ccccc3)CC1(C)C1OC21. The summed E-state index contributed by atoms with van der Waals surface area (Å²) >= 11 is 2.94. The smallest absolute Gasteiger partial charge is 0.316 e. The summed E-state index contributed by atoms with van der Waals surface area (Å²) in [6.45, 7) is 7.40. The van der Waals surface area contributed by atoms with Gasteiger partial charge >= 0.3 is 5.97 Å². The van der Waals surface area contributed by atoms with Gasteiger partial charge in [-0.2, -0.15) is 0 Å². The van der Waals surface area contributed by atoms with Crippen LogP contribution in [-0.4, -0.2) is 69.6 Å². The second-order valence-corrected chi connectivity index (χ2v) is 9.08. The molecule has 3 aliphatic heterocycles. The molecule has 0 spiro atoms. The van der Waals surface area contributed by atoms with E-state index in [1.165, 1.54) is 0 Å². The molecule has 6 nitrogen and oxygen atoms in total. The number of rotatable bonds is 6. The highest BCUT2D eigenvalue weighted by Gasteiger charge is 2.72. The fourth-order valence-electron chi connectivity index (χ4n) is 5.41. The largest absolute Gasteiger partial charge is 0.462 e. The number of hydrogen-bond acceptors (Lipinski definition) is 6. The number of esters is 1. The van der Waals surface area contributed by atoms with Crippen molar-refractivity contribution in [2.75, 3.05) is 12.4 Å². The van der Waals surface area contributed by atoms with E-state index >= 15 is 0 Å². The Morgan fingerprint density at radius 2 is 1.97 bits per heavy atom. The lowest BCUT2D eigenvalue weighted by molar-refractivity contribution is -0.168. The summed E-state index contributed by atoms with van der Waals surface area (Å²) in [5, 5.41) is 9.74. The van der Waals surface area contributed by atoms with Crippen molar-refractivity contribution < 1.29 is 24.2 Å². The molecule has 0 radical (unpaired) electrons. The Kier molecular flexibility index (Phi) is 6.77. The molecule has 30 heavy (non-hydrogen) atoms. The van der Waals surface area contributed by atoms with Crippen LogP contribution in [0.1, 0.15) is 52.0 Å². The monoisotopic (exact) mass is 481 g/mol. The molecule has 1 N–H and O–H groups in total. The molecule has 1 aromatic carbocycles. The molecule has 0 amide bonds. The van der Waals surface area contributed by atoms with E-state index in [4.69, 9.17) is 9.47 Å². The van der Waals surface area contributed by atoms with Crippen LogP contribution in [0, 0.1) is 0 Å². The van der Waals surface area contributed by atoms with Crippen LogP contribution < -0.4 is 0 Å². The molecule has 0 aliphatic carbocycles. The van der Waals surface area contributed by atoms with Crippen LogP contribution in [0.15, 0.2) is 30.3 Å². The minimum absolute atomic E-state index is 0.0600. The maximum atomic E-state index is 12.8. The lowest BCUT2D eigenvalue weighted by Crippen LogP contribution is -2.66. The number of epoxide rings is 1. The highest BCUT2D eigenvalue weighted by molar-refractivity contribution is 9.08. The van der Waals surface area contributed by atoms with Gasteiger partial charge in [-0.25, -0.2) is 0 Å². The van der Waals surface area contributed by atoms with Gasteiger partial charge in [-0.05, 0) is 39.1 Å². The van der Waals surface area contributed by atoms with Gasteiger partial charge in [0.2, 0.25) is 0 Å². The maximum absolute atomic E-state index is 12.8. The molecule has 3 heterocycles. The molecule has 2 bridgehead atoms. The molecular weight excluding hydrogens is 450 g/mol. The number of nitrogens with zero attached hydrogens (tertiary/aromatic N) is 1. The van der Waals surface area contributed by atoms with Gasteiger partial charge in [-0.1, -0.05) is 46.3 Å². The van der Waals surface area contributed by atoms with E-state index in [1.54, 1.807) is 6.92 Å². The Labute approximate surface area is 187 Å². The minimum Gasteiger partial charge on any atom is -0.462 e. The van der Waals surface area contributed by atoms with Crippen LogP contribution in [0.2, 0.25) is 0 Å². The van der Waals surface area contributed by atoms with Crippen molar-refractivity contribution in [3.8, 4) is 0 Å². The summed E-state index contributed by atoms with van der Waals surface area (Å²) in [6, 6.07) is 9.28. The van der Waals surface area contributed by atoms with E-state index in [1.807, 2.05) is 50.0 Å². The Morgan fingerprint density at radius 1 is 1.33 bits per heavy atom. The van der Waals surface area contributed by atoms with Gasteiger partial charge in [-0.3, -0.25) is 14.5 Å². The van der Waals surface area contributed by atoms with Gasteiger partial charge in [0, 0.05) is 18.9 Å². The molecule has 166 valence electrons. The first kappa shape index (κ1) is 23.4. The number of Topliss-reactive ketones (excluding diaryl/α,β-unsaturated/α-hetero) is 1. The number of hydrogen-bond donors (Lipinski definition) is 1. The molecule has 6 atom stereocenters. The summed E-state index contributed by atoms with van der Waals surface area (Å²) in [5.41, 5.74) is -0.164. The normalized spacial score (nSPS) is 33.0. The molecule has 3 saturated heterocycles. The Bertz CT molecular complexity index is 785. The number of aliphatic hydroxyl groups excluding tert-OH is 1. The molecule has 7 heteroatoms. The Hall–Kier alpha value is -1.28. The third-order valence-corrected chi connectivity index (χ3v) is 6.96. The first-order valence-corrected chi connectivity index (χ1v) is 12.0. The number of piperidine rings is 1. The number of ketones is 1. The zero-order valence-corrected chi connectivity index (χ0v) is 19.9. The number of carbonyl (C=O) groups is 2.